The van der Waals surface area contributed by atoms with Crippen LogP contribution in [0, 0.1) is 0 Å². The Labute approximate surface area is 161 Å². The Kier molecular flexibility index (Phi) is 5.27. The topological polar surface area (TPSA) is 53.2 Å². The van der Waals surface area contributed by atoms with E-state index in [9.17, 15) is 4.79 Å². The van der Waals surface area contributed by atoms with Gasteiger partial charge in [-0.25, -0.2) is 0 Å². The molecule has 25 heavy (non-hydrogen) atoms. The quantitative estimate of drug-likeness (QED) is 0.677. The maximum atomic E-state index is 12.9. The molecule has 0 fully saturated rings. The Morgan fingerprint density at radius 3 is 2.64 bits per heavy atom. The lowest BCUT2D eigenvalue weighted by Gasteiger charge is -2.30. The first-order valence-electron chi connectivity index (χ1n) is 7.55. The molecule has 0 bridgehead atoms. The maximum absolute atomic E-state index is 12.9. The summed E-state index contributed by atoms with van der Waals surface area (Å²) in [6.45, 7) is 1.81. The molecule has 2 aromatic carbocycles. The molecule has 0 saturated carbocycles. The summed E-state index contributed by atoms with van der Waals surface area (Å²) in [5, 5.41) is 10.5. The summed E-state index contributed by atoms with van der Waals surface area (Å²) < 4.78 is 0. The van der Waals surface area contributed by atoms with E-state index in [-0.39, 0.29) is 5.91 Å². The van der Waals surface area contributed by atoms with Gasteiger partial charge in [-0.1, -0.05) is 47.5 Å². The molecule has 1 heterocycles. The summed E-state index contributed by atoms with van der Waals surface area (Å²) >= 11 is 17.6. The molecule has 0 radical (unpaired) electrons. The number of hydrogen-bond donors (Lipinski definition) is 3. The monoisotopic (exact) mass is 391 g/mol. The highest BCUT2D eigenvalue weighted by atomic mass is 35.5. The van der Waals surface area contributed by atoms with E-state index in [1.54, 1.807) is 30.3 Å². The van der Waals surface area contributed by atoms with Crippen LogP contribution in [0.2, 0.25) is 10.0 Å². The second-order valence-corrected chi connectivity index (χ2v) is 6.81. The summed E-state index contributed by atoms with van der Waals surface area (Å²) in [5.41, 5.74) is 2.59. The lowest BCUT2D eigenvalue weighted by molar-refractivity contribution is -0.113. The Balaban J connectivity index is 1.97. The van der Waals surface area contributed by atoms with E-state index in [0.717, 1.165) is 5.56 Å². The number of allylic oxidation sites excluding steroid dienone is 1. The molecule has 0 saturated heterocycles. The van der Waals surface area contributed by atoms with Gasteiger partial charge in [-0.05, 0) is 49.0 Å². The molecule has 128 valence electrons. The third-order valence-electron chi connectivity index (χ3n) is 3.81. The van der Waals surface area contributed by atoms with E-state index in [4.69, 9.17) is 35.4 Å². The van der Waals surface area contributed by atoms with E-state index in [0.29, 0.717) is 32.1 Å². The van der Waals surface area contributed by atoms with Crippen molar-refractivity contribution in [3.8, 4) is 0 Å². The first kappa shape index (κ1) is 17.7. The fraction of sp³-hybridized carbons (Fsp3) is 0.111. The molecular weight excluding hydrogens is 377 g/mol. The normalized spacial score (nSPS) is 16.9. The molecule has 2 aromatic rings. The van der Waals surface area contributed by atoms with E-state index in [1.165, 1.54) is 0 Å². The van der Waals surface area contributed by atoms with Crippen molar-refractivity contribution in [2.24, 2.45) is 0 Å². The number of rotatable bonds is 3. The van der Waals surface area contributed by atoms with Crippen LogP contribution in [0.25, 0.3) is 0 Å². The fourth-order valence-corrected chi connectivity index (χ4v) is 3.41. The maximum Gasteiger partial charge on any atom is 0.255 e. The highest BCUT2D eigenvalue weighted by Crippen LogP contribution is 2.32. The SMILES string of the molecule is CC1=C(C(=O)Nc2cccc(Cl)c2)[C@@H](c2ccccc2Cl)NC(=S)N1. The first-order valence-corrected chi connectivity index (χ1v) is 8.72. The molecule has 0 aliphatic carbocycles. The second-order valence-electron chi connectivity index (χ2n) is 5.56. The van der Waals surface area contributed by atoms with Crippen LogP contribution >= 0.6 is 35.4 Å². The zero-order valence-electron chi connectivity index (χ0n) is 13.3. The molecule has 1 aliphatic heterocycles. The second kappa shape index (κ2) is 7.44. The Morgan fingerprint density at radius 2 is 1.92 bits per heavy atom. The molecule has 0 aromatic heterocycles. The highest BCUT2D eigenvalue weighted by molar-refractivity contribution is 7.80. The summed E-state index contributed by atoms with van der Waals surface area (Å²) in [5.74, 6) is -0.257. The van der Waals surface area contributed by atoms with E-state index < -0.39 is 6.04 Å². The number of nitrogens with one attached hydrogen (secondary N) is 3. The van der Waals surface area contributed by atoms with E-state index in [2.05, 4.69) is 16.0 Å². The van der Waals surface area contributed by atoms with Crippen molar-refractivity contribution in [2.45, 2.75) is 13.0 Å². The molecule has 7 heteroatoms. The van der Waals surface area contributed by atoms with Gasteiger partial charge in [0.15, 0.2) is 5.11 Å². The van der Waals surface area contributed by atoms with Crippen LogP contribution in [0.15, 0.2) is 59.8 Å². The van der Waals surface area contributed by atoms with Crippen LogP contribution < -0.4 is 16.0 Å². The van der Waals surface area contributed by atoms with Gasteiger partial charge in [0.1, 0.15) is 0 Å². The van der Waals surface area contributed by atoms with Gasteiger partial charge in [0.25, 0.3) is 5.91 Å². The largest absolute Gasteiger partial charge is 0.351 e. The standard InChI is InChI=1S/C18H15Cl2N3OS/c1-10-15(17(24)22-12-6-4-5-11(19)9-12)16(23-18(25)21-10)13-7-2-3-8-14(13)20/h2-9,16H,1H3,(H,22,24)(H2,21,23,25)/t16-/m1/s1. The number of carbonyl (C=O) groups excluding carboxylic acids is 1. The molecular formula is C18H15Cl2N3OS. The number of hydrogen-bond acceptors (Lipinski definition) is 2. The number of thiocarbonyl (C=S) groups is 1. The van der Waals surface area contributed by atoms with E-state index in [1.807, 2.05) is 25.1 Å². The zero-order chi connectivity index (χ0) is 18.0. The molecule has 1 aliphatic rings. The Hall–Kier alpha value is -2.08. The van der Waals surface area contributed by atoms with Crippen LogP contribution in [-0.4, -0.2) is 11.0 Å². The number of carbonyl (C=O) groups is 1. The Bertz CT molecular complexity index is 882. The van der Waals surface area contributed by atoms with Gasteiger partial charge in [-0.2, -0.15) is 0 Å². The van der Waals surface area contributed by atoms with Crippen LogP contribution in [-0.2, 0) is 4.79 Å². The number of halogens is 2. The highest BCUT2D eigenvalue weighted by Gasteiger charge is 2.31. The molecule has 3 rings (SSSR count). The van der Waals surface area contributed by atoms with Crippen LogP contribution in [0.1, 0.15) is 18.5 Å². The number of anilines is 1. The average molecular weight is 392 g/mol. The first-order chi connectivity index (χ1) is 12.0. The van der Waals surface area contributed by atoms with Crippen molar-refractivity contribution in [3.63, 3.8) is 0 Å². The molecule has 4 nitrogen and oxygen atoms in total. The average Bonchev–Trinajstić information content (AvgIpc) is 2.54. The van der Waals surface area contributed by atoms with Gasteiger partial charge >= 0.3 is 0 Å². The minimum atomic E-state index is -0.443. The van der Waals surface area contributed by atoms with Crippen LogP contribution in [0.5, 0.6) is 0 Å². The third-order valence-corrected chi connectivity index (χ3v) is 4.61. The van der Waals surface area contributed by atoms with Crippen molar-refractivity contribution in [1.29, 1.82) is 0 Å². The molecule has 0 unspecified atom stereocenters. The van der Waals surface area contributed by atoms with Gasteiger partial charge in [-0.15, -0.1) is 0 Å². The van der Waals surface area contributed by atoms with Gasteiger partial charge in [0.05, 0.1) is 11.6 Å². The molecule has 3 N–H and O–H groups in total. The van der Waals surface area contributed by atoms with Gasteiger partial charge in [0, 0.05) is 21.4 Å². The van der Waals surface area contributed by atoms with E-state index >= 15 is 0 Å². The van der Waals surface area contributed by atoms with Gasteiger partial charge in [-0.3, -0.25) is 4.79 Å². The van der Waals surface area contributed by atoms with Crippen molar-refractivity contribution in [2.75, 3.05) is 5.32 Å². The van der Waals surface area contributed by atoms with Crippen molar-refractivity contribution in [1.82, 2.24) is 10.6 Å². The number of amides is 1. The molecule has 1 amide bonds. The summed E-state index contributed by atoms with van der Waals surface area (Å²) in [6, 6.07) is 13.9. The third kappa shape index (κ3) is 3.95. The number of benzene rings is 2. The predicted octanol–water partition coefficient (Wildman–Crippen LogP) is 4.42. The lowest BCUT2D eigenvalue weighted by Crippen LogP contribution is -2.45. The smallest absolute Gasteiger partial charge is 0.255 e. The summed E-state index contributed by atoms with van der Waals surface area (Å²) in [4.78, 5) is 12.9. The molecule has 0 spiro atoms. The van der Waals surface area contributed by atoms with Crippen molar-refractivity contribution in [3.05, 3.63) is 75.4 Å². The van der Waals surface area contributed by atoms with Gasteiger partial charge < -0.3 is 16.0 Å². The predicted molar refractivity (Wildman–Crippen MR) is 106 cm³/mol. The minimum Gasteiger partial charge on any atom is -0.351 e. The van der Waals surface area contributed by atoms with Crippen LogP contribution in [0.3, 0.4) is 0 Å². The minimum absolute atomic E-state index is 0.257. The van der Waals surface area contributed by atoms with Gasteiger partial charge in [0.2, 0.25) is 0 Å². The molecule has 1 atom stereocenters. The van der Waals surface area contributed by atoms with Crippen molar-refractivity contribution >= 4 is 52.1 Å². The zero-order valence-corrected chi connectivity index (χ0v) is 15.6. The van der Waals surface area contributed by atoms with Crippen molar-refractivity contribution < 1.29 is 4.79 Å². The summed E-state index contributed by atoms with van der Waals surface area (Å²) in [7, 11) is 0. The Morgan fingerprint density at radius 1 is 1.16 bits per heavy atom. The summed E-state index contributed by atoms with van der Waals surface area (Å²) in [6.07, 6.45) is 0. The van der Waals surface area contributed by atoms with Crippen LogP contribution in [0.4, 0.5) is 5.69 Å². The lowest BCUT2D eigenvalue weighted by atomic mass is 9.95. The fourth-order valence-electron chi connectivity index (χ4n) is 2.70.